The van der Waals surface area contributed by atoms with Crippen molar-refractivity contribution < 1.29 is 9.90 Å². The van der Waals surface area contributed by atoms with Gasteiger partial charge in [-0.05, 0) is 37.5 Å². The van der Waals surface area contributed by atoms with E-state index in [1.807, 2.05) is 10.6 Å². The van der Waals surface area contributed by atoms with E-state index in [0.717, 1.165) is 27.8 Å². The fourth-order valence-electron chi connectivity index (χ4n) is 2.74. The van der Waals surface area contributed by atoms with Gasteiger partial charge in [-0.15, -0.1) is 0 Å². The molecule has 0 spiro atoms. The van der Waals surface area contributed by atoms with Gasteiger partial charge in [0.05, 0.1) is 17.9 Å². The van der Waals surface area contributed by atoms with E-state index in [1.165, 1.54) is 5.56 Å². The third-order valence-corrected chi connectivity index (χ3v) is 4.39. The number of carbonyl (C=O) groups is 1. The van der Waals surface area contributed by atoms with Crippen molar-refractivity contribution in [2.75, 3.05) is 0 Å². The van der Waals surface area contributed by atoms with E-state index >= 15 is 0 Å². The minimum absolute atomic E-state index is 0.298. The Labute approximate surface area is 125 Å². The Morgan fingerprint density at radius 1 is 1.50 bits per heavy atom. The highest BCUT2D eigenvalue weighted by atomic mass is 79.9. The smallest absolute Gasteiger partial charge is 0.308 e. The van der Waals surface area contributed by atoms with Gasteiger partial charge in [-0.1, -0.05) is 22.0 Å². The number of hydrogen-bond acceptors (Lipinski definition) is 2. The van der Waals surface area contributed by atoms with E-state index < -0.39 is 5.97 Å². The summed E-state index contributed by atoms with van der Waals surface area (Å²) in [6.45, 7) is 2.58. The standard InChI is InChI=1S/C15H15BrN2O2/c1-9-2-4-11(16)6-12(9)14-13-5-3-10(15(19)20)7-18(13)8-17-14/h2,4,6,8,10H,3,5,7H2,1H3,(H,19,20). The summed E-state index contributed by atoms with van der Waals surface area (Å²) in [6.07, 6.45) is 3.21. The lowest BCUT2D eigenvalue weighted by molar-refractivity contribution is -0.142. The van der Waals surface area contributed by atoms with Crippen molar-refractivity contribution in [1.29, 1.82) is 0 Å². The minimum atomic E-state index is -0.718. The van der Waals surface area contributed by atoms with Gasteiger partial charge < -0.3 is 9.67 Å². The number of halogens is 1. The Bertz CT molecular complexity index is 679. The van der Waals surface area contributed by atoms with Crippen molar-refractivity contribution in [2.45, 2.75) is 26.3 Å². The lowest BCUT2D eigenvalue weighted by Crippen LogP contribution is -2.26. The maximum absolute atomic E-state index is 11.1. The fourth-order valence-corrected chi connectivity index (χ4v) is 3.10. The molecule has 1 aromatic heterocycles. The van der Waals surface area contributed by atoms with E-state index in [-0.39, 0.29) is 5.92 Å². The van der Waals surface area contributed by atoms with Crippen LogP contribution in [-0.4, -0.2) is 20.6 Å². The molecule has 0 radical (unpaired) electrons. The molecule has 1 atom stereocenters. The lowest BCUT2D eigenvalue weighted by Gasteiger charge is -2.21. The van der Waals surface area contributed by atoms with Gasteiger partial charge in [-0.2, -0.15) is 0 Å². The highest BCUT2D eigenvalue weighted by molar-refractivity contribution is 9.10. The summed E-state index contributed by atoms with van der Waals surface area (Å²) in [5.41, 5.74) is 4.41. The van der Waals surface area contributed by atoms with E-state index in [0.29, 0.717) is 13.0 Å². The van der Waals surface area contributed by atoms with Crippen LogP contribution in [0.1, 0.15) is 17.7 Å². The van der Waals surface area contributed by atoms with Crippen LogP contribution in [-0.2, 0) is 17.8 Å². The maximum Gasteiger partial charge on any atom is 0.308 e. The molecule has 0 saturated carbocycles. The minimum Gasteiger partial charge on any atom is -0.481 e. The summed E-state index contributed by atoms with van der Waals surface area (Å²) in [4.78, 5) is 15.6. The predicted octanol–water partition coefficient (Wildman–Crippen LogP) is 3.27. The molecule has 0 saturated heterocycles. The first-order chi connectivity index (χ1) is 9.56. The number of imidazole rings is 1. The van der Waals surface area contributed by atoms with Crippen molar-refractivity contribution >= 4 is 21.9 Å². The predicted molar refractivity (Wildman–Crippen MR) is 79.5 cm³/mol. The summed E-state index contributed by atoms with van der Waals surface area (Å²) in [5, 5.41) is 9.13. The Morgan fingerprint density at radius 3 is 3.05 bits per heavy atom. The number of benzene rings is 1. The topological polar surface area (TPSA) is 55.1 Å². The van der Waals surface area contributed by atoms with Crippen molar-refractivity contribution in [1.82, 2.24) is 9.55 Å². The zero-order chi connectivity index (χ0) is 14.3. The lowest BCUT2D eigenvalue weighted by atomic mass is 9.95. The van der Waals surface area contributed by atoms with Gasteiger partial charge >= 0.3 is 5.97 Å². The molecule has 2 aromatic rings. The molecule has 1 aromatic carbocycles. The number of fused-ring (bicyclic) bond motifs is 1. The van der Waals surface area contributed by atoms with Gasteiger partial charge in [0.2, 0.25) is 0 Å². The molecule has 3 rings (SSSR count). The summed E-state index contributed by atoms with van der Waals surface area (Å²) in [6, 6.07) is 6.15. The molecule has 104 valence electrons. The Kier molecular flexibility index (Phi) is 3.38. The van der Waals surface area contributed by atoms with Crippen molar-refractivity contribution in [3.8, 4) is 11.3 Å². The monoisotopic (exact) mass is 334 g/mol. The molecule has 5 heteroatoms. The van der Waals surface area contributed by atoms with E-state index in [4.69, 9.17) is 5.11 Å². The molecular weight excluding hydrogens is 320 g/mol. The van der Waals surface area contributed by atoms with Crippen LogP contribution in [0.25, 0.3) is 11.3 Å². The van der Waals surface area contributed by atoms with Crippen LogP contribution in [0.5, 0.6) is 0 Å². The second-order valence-corrected chi connectivity index (χ2v) is 6.14. The second kappa shape index (κ2) is 5.05. The van der Waals surface area contributed by atoms with Crippen LogP contribution in [0.4, 0.5) is 0 Å². The fraction of sp³-hybridized carbons (Fsp3) is 0.333. The molecule has 2 heterocycles. The third-order valence-electron chi connectivity index (χ3n) is 3.90. The first kappa shape index (κ1) is 13.4. The van der Waals surface area contributed by atoms with E-state index in [1.54, 1.807) is 6.33 Å². The number of carboxylic acid groups (broad SMARTS) is 1. The van der Waals surface area contributed by atoms with Crippen LogP contribution >= 0.6 is 15.9 Å². The quantitative estimate of drug-likeness (QED) is 0.916. The molecular formula is C15H15BrN2O2. The number of hydrogen-bond donors (Lipinski definition) is 1. The van der Waals surface area contributed by atoms with E-state index in [9.17, 15) is 4.79 Å². The molecule has 0 bridgehead atoms. The van der Waals surface area contributed by atoms with Crippen molar-refractivity contribution in [2.24, 2.45) is 5.92 Å². The Balaban J connectivity index is 2.02. The van der Waals surface area contributed by atoms with Gasteiger partial charge in [-0.3, -0.25) is 4.79 Å². The molecule has 20 heavy (non-hydrogen) atoms. The number of carboxylic acids is 1. The normalized spacial score (nSPS) is 17.8. The van der Waals surface area contributed by atoms with E-state index in [2.05, 4.69) is 40.0 Å². The van der Waals surface area contributed by atoms with Gasteiger partial charge in [0.15, 0.2) is 0 Å². The first-order valence-electron chi connectivity index (χ1n) is 6.59. The van der Waals surface area contributed by atoms with Crippen LogP contribution in [0.15, 0.2) is 29.0 Å². The number of aromatic nitrogens is 2. The Hall–Kier alpha value is -1.62. The van der Waals surface area contributed by atoms with Crippen LogP contribution in [0.3, 0.4) is 0 Å². The molecule has 0 fully saturated rings. The van der Waals surface area contributed by atoms with Crippen molar-refractivity contribution in [3.05, 3.63) is 40.3 Å². The highest BCUT2D eigenvalue weighted by Crippen LogP contribution is 2.32. The number of rotatable bonds is 2. The molecule has 4 nitrogen and oxygen atoms in total. The average molecular weight is 335 g/mol. The average Bonchev–Trinajstić information content (AvgIpc) is 2.84. The number of nitrogens with zero attached hydrogens (tertiary/aromatic N) is 2. The van der Waals surface area contributed by atoms with Crippen LogP contribution < -0.4 is 0 Å². The molecule has 0 aliphatic carbocycles. The van der Waals surface area contributed by atoms with Crippen LogP contribution in [0, 0.1) is 12.8 Å². The summed E-state index contributed by atoms with van der Waals surface area (Å²) < 4.78 is 3.01. The Morgan fingerprint density at radius 2 is 2.30 bits per heavy atom. The van der Waals surface area contributed by atoms with Gasteiger partial charge in [0, 0.05) is 22.3 Å². The summed E-state index contributed by atoms with van der Waals surface area (Å²) in [5.74, 6) is -1.02. The molecule has 1 aliphatic rings. The molecule has 1 aliphatic heterocycles. The largest absolute Gasteiger partial charge is 0.481 e. The second-order valence-electron chi connectivity index (χ2n) is 5.23. The zero-order valence-corrected chi connectivity index (χ0v) is 12.7. The molecule has 0 amide bonds. The molecule has 1 unspecified atom stereocenters. The van der Waals surface area contributed by atoms with Gasteiger partial charge in [0.25, 0.3) is 0 Å². The third kappa shape index (κ3) is 2.26. The zero-order valence-electron chi connectivity index (χ0n) is 11.1. The maximum atomic E-state index is 11.1. The highest BCUT2D eigenvalue weighted by Gasteiger charge is 2.27. The van der Waals surface area contributed by atoms with Crippen LogP contribution in [0.2, 0.25) is 0 Å². The summed E-state index contributed by atoms with van der Waals surface area (Å²) in [7, 11) is 0. The number of aliphatic carboxylic acids is 1. The van der Waals surface area contributed by atoms with Crippen molar-refractivity contribution in [3.63, 3.8) is 0 Å². The van der Waals surface area contributed by atoms with Gasteiger partial charge in [0.1, 0.15) is 0 Å². The SMILES string of the molecule is Cc1ccc(Br)cc1-c1ncn2c1CCC(C(=O)O)C2. The summed E-state index contributed by atoms with van der Waals surface area (Å²) >= 11 is 3.49. The van der Waals surface area contributed by atoms with Gasteiger partial charge in [-0.25, -0.2) is 4.98 Å². The molecule has 1 N–H and O–H groups in total. The number of aryl methyl sites for hydroxylation is 1. The first-order valence-corrected chi connectivity index (χ1v) is 7.39.